The van der Waals surface area contributed by atoms with Gasteiger partial charge in [0, 0.05) is 24.0 Å². The van der Waals surface area contributed by atoms with Gasteiger partial charge >= 0.3 is 0 Å². The third-order valence-electron chi connectivity index (χ3n) is 3.37. The van der Waals surface area contributed by atoms with Gasteiger partial charge in [0.1, 0.15) is 5.01 Å². The molecule has 0 aromatic carbocycles. The van der Waals surface area contributed by atoms with E-state index in [2.05, 4.69) is 41.4 Å². The third kappa shape index (κ3) is 5.87. The summed E-state index contributed by atoms with van der Waals surface area (Å²) in [6, 6.07) is 0. The molecular weight excluding hydrogens is 270 g/mol. The summed E-state index contributed by atoms with van der Waals surface area (Å²) in [5.41, 5.74) is 1.19. The first-order chi connectivity index (χ1) is 9.53. The Balaban J connectivity index is 1.62. The molecule has 5 heteroatoms. The lowest BCUT2D eigenvalue weighted by Gasteiger charge is -2.19. The molecule has 2 heterocycles. The lowest BCUT2D eigenvalue weighted by Crippen LogP contribution is -2.35. The molecule has 2 rings (SSSR count). The summed E-state index contributed by atoms with van der Waals surface area (Å²) in [6.45, 7) is 12.3. The fraction of sp³-hybridized carbons (Fsp3) is 0.800. The molecule has 4 nitrogen and oxygen atoms in total. The highest BCUT2D eigenvalue weighted by atomic mass is 32.1. The van der Waals surface area contributed by atoms with Crippen molar-refractivity contribution in [3.05, 3.63) is 16.1 Å². The van der Waals surface area contributed by atoms with Gasteiger partial charge in [-0.15, -0.1) is 11.3 Å². The molecule has 0 saturated carbocycles. The maximum absolute atomic E-state index is 5.72. The van der Waals surface area contributed by atoms with Crippen LogP contribution in [0.25, 0.3) is 0 Å². The fourth-order valence-corrected chi connectivity index (χ4v) is 2.93. The summed E-state index contributed by atoms with van der Waals surface area (Å²) < 4.78 is 5.72. The van der Waals surface area contributed by atoms with E-state index in [1.165, 1.54) is 25.9 Å². The number of hydrogen-bond acceptors (Lipinski definition) is 5. The van der Waals surface area contributed by atoms with Gasteiger partial charge in [-0.1, -0.05) is 0 Å². The number of nitrogens with one attached hydrogen (secondary N) is 1. The van der Waals surface area contributed by atoms with Crippen LogP contribution in [0, 0.1) is 0 Å². The van der Waals surface area contributed by atoms with Crippen molar-refractivity contribution >= 4 is 11.3 Å². The van der Waals surface area contributed by atoms with Crippen LogP contribution >= 0.6 is 11.3 Å². The molecule has 0 atom stereocenters. The molecule has 0 amide bonds. The Kier molecular flexibility index (Phi) is 5.96. The van der Waals surface area contributed by atoms with Crippen molar-refractivity contribution in [3.8, 4) is 0 Å². The highest BCUT2D eigenvalue weighted by molar-refractivity contribution is 7.09. The number of rotatable bonds is 7. The Labute approximate surface area is 126 Å². The molecule has 1 N–H and O–H groups in total. The highest BCUT2D eigenvalue weighted by Gasteiger charge is 2.12. The van der Waals surface area contributed by atoms with Crippen LogP contribution in [0.4, 0.5) is 0 Å². The minimum absolute atomic E-state index is 0.137. The lowest BCUT2D eigenvalue weighted by molar-refractivity contribution is 0.0973. The molecule has 1 aliphatic heterocycles. The molecule has 0 spiro atoms. The third-order valence-corrected chi connectivity index (χ3v) is 4.27. The van der Waals surface area contributed by atoms with E-state index >= 15 is 0 Å². The maximum Gasteiger partial charge on any atom is 0.107 e. The quantitative estimate of drug-likeness (QED) is 0.785. The molecule has 0 bridgehead atoms. The second-order valence-electron chi connectivity index (χ2n) is 6.44. The van der Waals surface area contributed by atoms with Crippen LogP contribution in [0.15, 0.2) is 5.38 Å². The first-order valence-electron chi connectivity index (χ1n) is 7.51. The number of hydrogen-bond donors (Lipinski definition) is 1. The number of ether oxygens (including phenoxy) is 1. The molecule has 0 unspecified atom stereocenters. The zero-order valence-corrected chi connectivity index (χ0v) is 13.8. The van der Waals surface area contributed by atoms with E-state index in [1.807, 2.05) is 0 Å². The largest absolute Gasteiger partial charge is 0.374 e. The van der Waals surface area contributed by atoms with Crippen molar-refractivity contribution in [1.82, 2.24) is 15.2 Å². The van der Waals surface area contributed by atoms with Crippen molar-refractivity contribution in [2.45, 2.75) is 52.3 Å². The van der Waals surface area contributed by atoms with Crippen molar-refractivity contribution in [3.63, 3.8) is 0 Å². The van der Waals surface area contributed by atoms with E-state index in [1.54, 1.807) is 11.3 Å². The zero-order valence-electron chi connectivity index (χ0n) is 12.9. The average Bonchev–Trinajstić information content (AvgIpc) is 3.03. The number of likely N-dealkylation sites (tertiary alicyclic amines) is 1. The van der Waals surface area contributed by atoms with E-state index < -0.39 is 0 Å². The Morgan fingerprint density at radius 1 is 1.35 bits per heavy atom. The van der Waals surface area contributed by atoms with Gasteiger partial charge in [0.15, 0.2) is 0 Å². The molecule has 1 aliphatic rings. The Hall–Kier alpha value is -0.490. The van der Waals surface area contributed by atoms with Gasteiger partial charge < -0.3 is 15.0 Å². The number of nitrogens with zero attached hydrogens (tertiary/aromatic N) is 2. The van der Waals surface area contributed by atoms with Crippen molar-refractivity contribution in [2.24, 2.45) is 0 Å². The first kappa shape index (κ1) is 15.9. The Bertz CT molecular complexity index is 394. The van der Waals surface area contributed by atoms with E-state index in [9.17, 15) is 0 Å². The molecule has 1 aromatic rings. The summed E-state index contributed by atoms with van der Waals surface area (Å²) in [5, 5.41) is 6.70. The standard InChI is InChI=1S/C15H27N3OS/c1-15(2,3)16-10-14-17-13(12-20-14)11-19-9-8-18-6-4-5-7-18/h12,16H,4-11H2,1-3H3. The van der Waals surface area contributed by atoms with Gasteiger partial charge in [0.25, 0.3) is 0 Å². The molecule has 1 fully saturated rings. The zero-order chi connectivity index (χ0) is 14.4. The maximum atomic E-state index is 5.72. The number of aromatic nitrogens is 1. The van der Waals surface area contributed by atoms with Gasteiger partial charge in [-0.2, -0.15) is 0 Å². The van der Waals surface area contributed by atoms with Gasteiger partial charge in [-0.3, -0.25) is 0 Å². The lowest BCUT2D eigenvalue weighted by atomic mass is 10.1. The van der Waals surface area contributed by atoms with E-state index in [0.717, 1.165) is 30.4 Å². The smallest absolute Gasteiger partial charge is 0.107 e. The molecule has 1 saturated heterocycles. The van der Waals surface area contributed by atoms with Crippen LogP contribution in [0.3, 0.4) is 0 Å². The van der Waals surface area contributed by atoms with E-state index in [-0.39, 0.29) is 5.54 Å². The second kappa shape index (κ2) is 7.50. The molecule has 20 heavy (non-hydrogen) atoms. The van der Waals surface area contributed by atoms with Crippen LogP contribution in [-0.2, 0) is 17.9 Å². The van der Waals surface area contributed by atoms with E-state index in [0.29, 0.717) is 6.61 Å². The topological polar surface area (TPSA) is 37.4 Å². The Morgan fingerprint density at radius 2 is 2.10 bits per heavy atom. The van der Waals surface area contributed by atoms with Crippen LogP contribution in [0.1, 0.15) is 44.3 Å². The highest BCUT2D eigenvalue weighted by Crippen LogP contribution is 2.12. The van der Waals surface area contributed by atoms with Crippen molar-refractivity contribution < 1.29 is 4.74 Å². The minimum atomic E-state index is 0.137. The summed E-state index contributed by atoms with van der Waals surface area (Å²) in [4.78, 5) is 7.07. The van der Waals surface area contributed by atoms with Crippen LogP contribution in [0.5, 0.6) is 0 Å². The second-order valence-corrected chi connectivity index (χ2v) is 7.38. The molecule has 0 aliphatic carbocycles. The summed E-state index contributed by atoms with van der Waals surface area (Å²) >= 11 is 1.71. The van der Waals surface area contributed by atoms with Gasteiger partial charge in [0.05, 0.1) is 18.9 Å². The van der Waals surface area contributed by atoms with Gasteiger partial charge in [-0.25, -0.2) is 4.98 Å². The predicted molar refractivity (Wildman–Crippen MR) is 84.0 cm³/mol. The van der Waals surface area contributed by atoms with Crippen LogP contribution in [-0.4, -0.2) is 41.7 Å². The normalized spacial score (nSPS) is 16.9. The van der Waals surface area contributed by atoms with Crippen LogP contribution < -0.4 is 5.32 Å². The van der Waals surface area contributed by atoms with Gasteiger partial charge in [-0.05, 0) is 46.7 Å². The molecule has 114 valence electrons. The van der Waals surface area contributed by atoms with E-state index in [4.69, 9.17) is 4.74 Å². The first-order valence-corrected chi connectivity index (χ1v) is 8.39. The Morgan fingerprint density at radius 3 is 2.80 bits per heavy atom. The SMILES string of the molecule is CC(C)(C)NCc1nc(COCCN2CCCC2)cs1. The molecular formula is C15H27N3OS. The summed E-state index contributed by atoms with van der Waals surface area (Å²) in [6.07, 6.45) is 2.69. The van der Waals surface area contributed by atoms with Crippen molar-refractivity contribution in [1.29, 1.82) is 0 Å². The van der Waals surface area contributed by atoms with Crippen LogP contribution in [0.2, 0.25) is 0 Å². The summed E-state index contributed by atoms with van der Waals surface area (Å²) in [5.74, 6) is 0. The molecule has 1 aromatic heterocycles. The minimum Gasteiger partial charge on any atom is -0.374 e. The molecule has 0 radical (unpaired) electrons. The number of thiazole rings is 1. The average molecular weight is 297 g/mol. The fourth-order valence-electron chi connectivity index (χ4n) is 2.21. The monoisotopic (exact) mass is 297 g/mol. The van der Waals surface area contributed by atoms with Crippen molar-refractivity contribution in [2.75, 3.05) is 26.2 Å². The summed E-state index contributed by atoms with van der Waals surface area (Å²) in [7, 11) is 0. The predicted octanol–water partition coefficient (Wildman–Crippen LogP) is 2.64. The van der Waals surface area contributed by atoms with Gasteiger partial charge in [0.2, 0.25) is 0 Å².